The van der Waals surface area contributed by atoms with Crippen LogP contribution >= 0.6 is 12.4 Å². The summed E-state index contributed by atoms with van der Waals surface area (Å²) in [7, 11) is 0. The van der Waals surface area contributed by atoms with Crippen molar-refractivity contribution in [2.75, 3.05) is 0 Å². The van der Waals surface area contributed by atoms with E-state index in [-0.39, 0.29) is 12.4 Å². The largest absolute Gasteiger partial charge is 0.480 e. The van der Waals surface area contributed by atoms with E-state index >= 15 is 0 Å². The maximum absolute atomic E-state index is 10.6. The highest BCUT2D eigenvalue weighted by atomic mass is 35.5. The van der Waals surface area contributed by atoms with Crippen LogP contribution in [-0.4, -0.2) is 16.6 Å². The summed E-state index contributed by atoms with van der Waals surface area (Å²) in [6.07, 6.45) is 4.17. The second kappa shape index (κ2) is 4.10. The third-order valence-corrected chi connectivity index (χ3v) is 2.43. The van der Waals surface area contributed by atoms with Gasteiger partial charge < -0.3 is 10.8 Å². The van der Waals surface area contributed by atoms with Crippen LogP contribution in [0.15, 0.2) is 0 Å². The number of rotatable bonds is 3. The molecule has 1 saturated carbocycles. The van der Waals surface area contributed by atoms with Gasteiger partial charge in [-0.1, -0.05) is 19.3 Å². The number of halogens is 1. The third kappa shape index (κ3) is 2.64. The average molecular weight is 194 g/mol. The van der Waals surface area contributed by atoms with Crippen LogP contribution in [0.4, 0.5) is 0 Å². The van der Waals surface area contributed by atoms with Crippen LogP contribution in [0, 0.1) is 5.92 Å². The van der Waals surface area contributed by atoms with E-state index < -0.39 is 11.5 Å². The molecule has 0 aromatic carbocycles. The summed E-state index contributed by atoms with van der Waals surface area (Å²) in [6, 6.07) is 0. The first kappa shape index (κ1) is 11.7. The molecule has 1 aliphatic carbocycles. The molecule has 1 rings (SSSR count). The Kier molecular flexibility index (Phi) is 4.00. The van der Waals surface area contributed by atoms with Gasteiger partial charge in [0.15, 0.2) is 0 Å². The lowest BCUT2D eigenvalue weighted by molar-refractivity contribution is -0.143. The Morgan fingerprint density at radius 3 is 2.42 bits per heavy atom. The molecular weight excluding hydrogens is 178 g/mol. The zero-order chi connectivity index (χ0) is 8.48. The Balaban J connectivity index is 0.00000121. The van der Waals surface area contributed by atoms with Crippen molar-refractivity contribution in [2.24, 2.45) is 11.7 Å². The summed E-state index contributed by atoms with van der Waals surface area (Å²) in [6.45, 7) is 1.59. The van der Waals surface area contributed by atoms with E-state index in [1.165, 1.54) is 6.42 Å². The van der Waals surface area contributed by atoms with Crippen molar-refractivity contribution in [2.45, 2.75) is 38.1 Å². The third-order valence-electron chi connectivity index (χ3n) is 2.43. The summed E-state index contributed by atoms with van der Waals surface area (Å²) < 4.78 is 0. The molecule has 1 aliphatic rings. The Morgan fingerprint density at radius 2 is 2.17 bits per heavy atom. The van der Waals surface area contributed by atoms with Crippen LogP contribution < -0.4 is 5.73 Å². The van der Waals surface area contributed by atoms with Crippen molar-refractivity contribution in [1.82, 2.24) is 0 Å². The molecule has 0 aromatic rings. The smallest absolute Gasteiger partial charge is 0.323 e. The minimum Gasteiger partial charge on any atom is -0.480 e. The number of hydrogen-bond acceptors (Lipinski definition) is 2. The molecule has 4 heteroatoms. The summed E-state index contributed by atoms with van der Waals surface area (Å²) >= 11 is 0. The molecule has 0 saturated heterocycles. The van der Waals surface area contributed by atoms with Crippen LogP contribution in [0.2, 0.25) is 0 Å². The fourth-order valence-corrected chi connectivity index (χ4v) is 1.38. The number of carbonyl (C=O) groups is 1. The fraction of sp³-hybridized carbons (Fsp3) is 0.875. The van der Waals surface area contributed by atoms with Crippen molar-refractivity contribution in [3.63, 3.8) is 0 Å². The summed E-state index contributed by atoms with van der Waals surface area (Å²) in [5, 5.41) is 8.68. The van der Waals surface area contributed by atoms with Crippen LogP contribution in [0.25, 0.3) is 0 Å². The van der Waals surface area contributed by atoms with Crippen molar-refractivity contribution in [3.8, 4) is 0 Å². The first-order chi connectivity index (χ1) is 5.02. The van der Waals surface area contributed by atoms with Crippen LogP contribution in [0.3, 0.4) is 0 Å². The van der Waals surface area contributed by atoms with E-state index in [0.717, 1.165) is 12.8 Å². The lowest BCUT2D eigenvalue weighted by atomic mass is 9.77. The van der Waals surface area contributed by atoms with Gasteiger partial charge >= 0.3 is 5.97 Å². The predicted octanol–water partition coefficient (Wildman–Crippen LogP) is 1.40. The van der Waals surface area contributed by atoms with Crippen molar-refractivity contribution in [3.05, 3.63) is 0 Å². The van der Waals surface area contributed by atoms with Gasteiger partial charge in [-0.2, -0.15) is 0 Å². The first-order valence-electron chi connectivity index (χ1n) is 4.04. The summed E-state index contributed by atoms with van der Waals surface area (Å²) in [5.74, 6) is -0.328. The zero-order valence-electron chi connectivity index (χ0n) is 7.25. The molecule has 0 spiro atoms. The maximum atomic E-state index is 10.6. The Morgan fingerprint density at radius 1 is 1.67 bits per heavy atom. The number of hydrogen-bond donors (Lipinski definition) is 2. The van der Waals surface area contributed by atoms with Crippen molar-refractivity contribution >= 4 is 18.4 Å². The second-order valence-corrected chi connectivity index (χ2v) is 3.72. The van der Waals surface area contributed by atoms with E-state index in [1.807, 2.05) is 0 Å². The number of nitrogens with two attached hydrogens (primary N) is 1. The first-order valence-corrected chi connectivity index (χ1v) is 4.04. The van der Waals surface area contributed by atoms with E-state index in [4.69, 9.17) is 10.8 Å². The summed E-state index contributed by atoms with van der Waals surface area (Å²) in [5.41, 5.74) is 4.56. The highest BCUT2D eigenvalue weighted by Crippen LogP contribution is 2.32. The summed E-state index contributed by atoms with van der Waals surface area (Å²) in [4.78, 5) is 10.6. The molecule has 0 aliphatic heterocycles. The van der Waals surface area contributed by atoms with Gasteiger partial charge in [0.05, 0.1) is 0 Å². The van der Waals surface area contributed by atoms with Crippen LogP contribution in [0.5, 0.6) is 0 Å². The molecule has 0 radical (unpaired) electrons. The van der Waals surface area contributed by atoms with Gasteiger partial charge in [0.25, 0.3) is 0 Å². The van der Waals surface area contributed by atoms with Crippen LogP contribution in [0.1, 0.15) is 32.6 Å². The van der Waals surface area contributed by atoms with Crippen LogP contribution in [-0.2, 0) is 4.79 Å². The molecule has 0 aromatic heterocycles. The highest BCUT2D eigenvalue weighted by Gasteiger charge is 2.33. The van der Waals surface area contributed by atoms with Gasteiger partial charge in [-0.3, -0.25) is 4.79 Å². The second-order valence-electron chi connectivity index (χ2n) is 3.72. The Labute approximate surface area is 78.7 Å². The van der Waals surface area contributed by atoms with E-state index in [2.05, 4.69) is 0 Å². The lowest BCUT2D eigenvalue weighted by Crippen LogP contribution is -2.47. The fourth-order valence-electron chi connectivity index (χ4n) is 1.38. The zero-order valence-corrected chi connectivity index (χ0v) is 8.06. The normalized spacial score (nSPS) is 21.8. The molecular formula is C8H16ClNO2. The molecule has 1 atom stereocenters. The molecule has 0 amide bonds. The lowest BCUT2D eigenvalue weighted by Gasteiger charge is -2.31. The Hall–Kier alpha value is -0.280. The van der Waals surface area contributed by atoms with Crippen molar-refractivity contribution < 1.29 is 9.90 Å². The molecule has 12 heavy (non-hydrogen) atoms. The predicted molar refractivity (Wildman–Crippen MR) is 49.4 cm³/mol. The Bertz CT molecular complexity index is 166. The van der Waals surface area contributed by atoms with Gasteiger partial charge in [-0.25, -0.2) is 0 Å². The van der Waals surface area contributed by atoms with Gasteiger partial charge in [0.2, 0.25) is 0 Å². The van der Waals surface area contributed by atoms with Gasteiger partial charge in [-0.15, -0.1) is 12.4 Å². The SMILES string of the molecule is CC(N)(CC1CCC1)C(=O)O.Cl. The molecule has 1 unspecified atom stereocenters. The molecule has 3 N–H and O–H groups in total. The van der Waals surface area contributed by atoms with Crippen molar-refractivity contribution in [1.29, 1.82) is 0 Å². The molecule has 0 bridgehead atoms. The highest BCUT2D eigenvalue weighted by molar-refractivity contribution is 5.85. The number of aliphatic carboxylic acids is 1. The minimum absolute atomic E-state index is 0. The minimum atomic E-state index is -1.01. The number of carboxylic acid groups (broad SMARTS) is 1. The quantitative estimate of drug-likeness (QED) is 0.712. The standard InChI is InChI=1S/C8H15NO2.ClH/c1-8(9,7(10)11)5-6-3-2-4-6;/h6H,2-5,9H2,1H3,(H,10,11);1H. The molecule has 3 nitrogen and oxygen atoms in total. The van der Waals surface area contributed by atoms with Gasteiger partial charge in [0, 0.05) is 0 Å². The average Bonchev–Trinajstić information content (AvgIpc) is 1.79. The van der Waals surface area contributed by atoms with E-state index in [0.29, 0.717) is 12.3 Å². The monoisotopic (exact) mass is 193 g/mol. The number of carboxylic acids is 1. The molecule has 72 valence electrons. The topological polar surface area (TPSA) is 63.3 Å². The molecule has 0 heterocycles. The van der Waals surface area contributed by atoms with E-state index in [1.54, 1.807) is 6.92 Å². The van der Waals surface area contributed by atoms with Gasteiger partial charge in [0.1, 0.15) is 5.54 Å². The maximum Gasteiger partial charge on any atom is 0.323 e. The van der Waals surface area contributed by atoms with E-state index in [9.17, 15) is 4.79 Å². The molecule has 1 fully saturated rings. The van der Waals surface area contributed by atoms with Gasteiger partial charge in [-0.05, 0) is 19.3 Å².